The quantitative estimate of drug-likeness (QED) is 0.506. The molecule has 0 aliphatic rings. The lowest BCUT2D eigenvalue weighted by Crippen LogP contribution is -2.36. The van der Waals surface area contributed by atoms with Gasteiger partial charge >= 0.3 is 0 Å². The van der Waals surface area contributed by atoms with Gasteiger partial charge in [-0.15, -0.1) is 0 Å². The highest BCUT2D eigenvalue weighted by atomic mass is 15.3. The molecule has 2 heterocycles. The molecular formula is C24H33N5. The van der Waals surface area contributed by atoms with E-state index >= 15 is 0 Å². The molecule has 0 saturated carbocycles. The molecule has 154 valence electrons. The van der Waals surface area contributed by atoms with E-state index in [1.165, 1.54) is 5.56 Å². The van der Waals surface area contributed by atoms with Gasteiger partial charge < -0.3 is 5.32 Å². The molecule has 5 heteroatoms. The van der Waals surface area contributed by atoms with Crippen molar-refractivity contribution in [2.24, 2.45) is 0 Å². The van der Waals surface area contributed by atoms with Crippen molar-refractivity contribution in [2.75, 3.05) is 11.9 Å². The maximum atomic E-state index is 4.91. The van der Waals surface area contributed by atoms with Crippen LogP contribution in [0.1, 0.15) is 53.0 Å². The number of anilines is 1. The van der Waals surface area contributed by atoms with Crippen LogP contribution in [0.2, 0.25) is 0 Å². The van der Waals surface area contributed by atoms with Crippen LogP contribution < -0.4 is 10.6 Å². The van der Waals surface area contributed by atoms with E-state index in [2.05, 4.69) is 80.6 Å². The summed E-state index contributed by atoms with van der Waals surface area (Å²) in [6.45, 7) is 12.0. The summed E-state index contributed by atoms with van der Waals surface area (Å²) in [5.74, 6) is 0.986. The Morgan fingerprint density at radius 1 is 1.00 bits per heavy atom. The van der Waals surface area contributed by atoms with Crippen molar-refractivity contribution in [2.45, 2.75) is 59.0 Å². The van der Waals surface area contributed by atoms with Crippen LogP contribution in [-0.4, -0.2) is 27.5 Å². The van der Waals surface area contributed by atoms with Crippen molar-refractivity contribution in [1.29, 1.82) is 0 Å². The highest BCUT2D eigenvalue weighted by Gasteiger charge is 2.17. The highest BCUT2D eigenvalue weighted by Crippen LogP contribution is 2.27. The fourth-order valence-corrected chi connectivity index (χ4v) is 3.39. The van der Waals surface area contributed by atoms with E-state index in [1.807, 2.05) is 16.8 Å². The minimum atomic E-state index is 0.128. The number of benzene rings is 1. The van der Waals surface area contributed by atoms with Crippen molar-refractivity contribution in [3.63, 3.8) is 0 Å². The van der Waals surface area contributed by atoms with Crippen LogP contribution in [-0.2, 0) is 5.41 Å². The maximum absolute atomic E-state index is 4.91. The standard InChI is InChI=1S/C24H33N5/c1-6-8-22(26-7-2)27-23-17-21(18-13-15-25-16-14-18)28-29(23)20-11-9-19(10-12-20)24(3,4)5/h9-17,22,26-27H,6-8H2,1-5H3. The fourth-order valence-electron chi connectivity index (χ4n) is 3.39. The zero-order chi connectivity index (χ0) is 20.9. The van der Waals surface area contributed by atoms with Gasteiger partial charge in [-0.2, -0.15) is 5.10 Å². The second-order valence-corrected chi connectivity index (χ2v) is 8.40. The molecule has 1 atom stereocenters. The Hall–Kier alpha value is -2.66. The van der Waals surface area contributed by atoms with Gasteiger partial charge in [0.1, 0.15) is 5.82 Å². The van der Waals surface area contributed by atoms with Crippen molar-refractivity contribution >= 4 is 5.82 Å². The molecule has 3 rings (SSSR count). The number of hydrogen-bond acceptors (Lipinski definition) is 4. The molecule has 2 N–H and O–H groups in total. The zero-order valence-electron chi connectivity index (χ0n) is 18.2. The largest absolute Gasteiger partial charge is 0.355 e. The lowest BCUT2D eigenvalue weighted by Gasteiger charge is -2.21. The van der Waals surface area contributed by atoms with E-state index in [4.69, 9.17) is 5.10 Å². The molecule has 0 amide bonds. The number of rotatable bonds is 8. The molecule has 1 unspecified atom stereocenters. The van der Waals surface area contributed by atoms with Gasteiger partial charge in [0.2, 0.25) is 0 Å². The second-order valence-electron chi connectivity index (χ2n) is 8.40. The molecule has 5 nitrogen and oxygen atoms in total. The van der Waals surface area contributed by atoms with E-state index in [9.17, 15) is 0 Å². The second kappa shape index (κ2) is 9.23. The lowest BCUT2D eigenvalue weighted by atomic mass is 9.87. The molecule has 2 aromatic heterocycles. The monoisotopic (exact) mass is 391 g/mol. The number of nitrogens with zero attached hydrogens (tertiary/aromatic N) is 3. The molecule has 29 heavy (non-hydrogen) atoms. The summed E-state index contributed by atoms with van der Waals surface area (Å²) in [4.78, 5) is 4.13. The van der Waals surface area contributed by atoms with Crippen molar-refractivity contribution < 1.29 is 0 Å². The molecule has 0 saturated heterocycles. The topological polar surface area (TPSA) is 54.8 Å². The van der Waals surface area contributed by atoms with Gasteiger partial charge in [-0.1, -0.05) is 53.2 Å². The Kier molecular flexibility index (Phi) is 6.70. The van der Waals surface area contributed by atoms with E-state index in [-0.39, 0.29) is 11.6 Å². The van der Waals surface area contributed by atoms with Gasteiger partial charge in [-0.25, -0.2) is 4.68 Å². The number of aromatic nitrogens is 3. The molecule has 3 aromatic rings. The Bertz CT molecular complexity index is 885. The molecule has 1 aromatic carbocycles. The molecule has 0 aliphatic carbocycles. The van der Waals surface area contributed by atoms with Gasteiger partial charge in [0.15, 0.2) is 0 Å². The first kappa shape index (κ1) is 21.1. The van der Waals surface area contributed by atoms with Gasteiger partial charge in [0.25, 0.3) is 0 Å². The Balaban J connectivity index is 2.00. The molecule has 0 bridgehead atoms. The SMILES string of the molecule is CCCC(NCC)Nc1cc(-c2ccncc2)nn1-c1ccc(C(C)(C)C)cc1. The number of pyridine rings is 1. The van der Waals surface area contributed by atoms with Crippen molar-refractivity contribution in [3.05, 3.63) is 60.4 Å². The third-order valence-corrected chi connectivity index (χ3v) is 5.01. The third kappa shape index (κ3) is 5.24. The molecule has 0 aliphatic heterocycles. The Morgan fingerprint density at radius 2 is 1.69 bits per heavy atom. The summed E-state index contributed by atoms with van der Waals surface area (Å²) >= 11 is 0. The first-order chi connectivity index (χ1) is 13.9. The predicted octanol–water partition coefficient (Wildman–Crippen LogP) is 5.38. The molecule has 0 spiro atoms. The van der Waals surface area contributed by atoms with E-state index < -0.39 is 0 Å². The van der Waals surface area contributed by atoms with Gasteiger partial charge in [-0.05, 0) is 48.2 Å². The van der Waals surface area contributed by atoms with Crippen LogP contribution in [0, 0.1) is 0 Å². The summed E-state index contributed by atoms with van der Waals surface area (Å²) < 4.78 is 2.00. The summed E-state index contributed by atoms with van der Waals surface area (Å²) in [6, 6.07) is 14.8. The highest BCUT2D eigenvalue weighted by molar-refractivity contribution is 5.64. The number of hydrogen-bond donors (Lipinski definition) is 2. The van der Waals surface area contributed by atoms with E-state index in [0.29, 0.717) is 0 Å². The summed E-state index contributed by atoms with van der Waals surface area (Å²) in [5.41, 5.74) is 4.48. The minimum Gasteiger partial charge on any atom is -0.355 e. The van der Waals surface area contributed by atoms with Crippen LogP contribution >= 0.6 is 0 Å². The van der Waals surface area contributed by atoms with Gasteiger partial charge in [0.05, 0.1) is 17.5 Å². The summed E-state index contributed by atoms with van der Waals surface area (Å²) in [5, 5.41) is 12.1. The normalized spacial score (nSPS) is 12.7. The molecular weight excluding hydrogens is 358 g/mol. The van der Waals surface area contributed by atoms with Crippen LogP contribution in [0.4, 0.5) is 5.82 Å². The van der Waals surface area contributed by atoms with Crippen LogP contribution in [0.15, 0.2) is 54.9 Å². The Morgan fingerprint density at radius 3 is 2.28 bits per heavy atom. The van der Waals surface area contributed by atoms with Crippen LogP contribution in [0.5, 0.6) is 0 Å². The van der Waals surface area contributed by atoms with Crippen LogP contribution in [0.3, 0.4) is 0 Å². The lowest BCUT2D eigenvalue weighted by molar-refractivity contribution is 0.532. The van der Waals surface area contributed by atoms with Crippen LogP contribution in [0.25, 0.3) is 16.9 Å². The maximum Gasteiger partial charge on any atom is 0.131 e. The van der Waals surface area contributed by atoms with Gasteiger partial charge in [-0.3, -0.25) is 10.3 Å². The zero-order valence-corrected chi connectivity index (χ0v) is 18.2. The first-order valence-corrected chi connectivity index (χ1v) is 10.5. The first-order valence-electron chi connectivity index (χ1n) is 10.5. The summed E-state index contributed by atoms with van der Waals surface area (Å²) in [6.07, 6.45) is 5.97. The molecule has 0 radical (unpaired) electrons. The Labute approximate surface area is 174 Å². The van der Waals surface area contributed by atoms with Crippen molar-refractivity contribution in [1.82, 2.24) is 20.1 Å². The minimum absolute atomic E-state index is 0.128. The predicted molar refractivity (Wildman–Crippen MR) is 121 cm³/mol. The fraction of sp³-hybridized carbons (Fsp3) is 0.417. The van der Waals surface area contributed by atoms with E-state index in [0.717, 1.165) is 42.1 Å². The van der Waals surface area contributed by atoms with Crippen molar-refractivity contribution in [3.8, 4) is 16.9 Å². The number of nitrogens with one attached hydrogen (secondary N) is 2. The average molecular weight is 392 g/mol. The average Bonchev–Trinajstić information content (AvgIpc) is 3.12. The smallest absolute Gasteiger partial charge is 0.131 e. The van der Waals surface area contributed by atoms with E-state index in [1.54, 1.807) is 12.4 Å². The van der Waals surface area contributed by atoms with Gasteiger partial charge in [0, 0.05) is 24.0 Å². The third-order valence-electron chi connectivity index (χ3n) is 5.01. The summed E-state index contributed by atoms with van der Waals surface area (Å²) in [7, 11) is 0. The molecule has 0 fully saturated rings.